The Hall–Kier alpha value is -2.26. The van der Waals surface area contributed by atoms with E-state index in [-0.39, 0.29) is 0 Å². The fourth-order valence-electron chi connectivity index (χ4n) is 2.73. The maximum absolute atomic E-state index is 5.30. The van der Waals surface area contributed by atoms with Crippen LogP contribution in [-0.4, -0.2) is 19.6 Å². The molecule has 0 radical (unpaired) electrons. The molecule has 0 aliphatic carbocycles. The molecule has 0 bridgehead atoms. The summed E-state index contributed by atoms with van der Waals surface area (Å²) in [5.74, 6) is 1.77. The molecule has 2 aromatic rings. The number of allylic oxidation sites excluding steroid dienone is 3. The number of hydrogen-bond donors (Lipinski definition) is 1. The summed E-state index contributed by atoms with van der Waals surface area (Å²) in [6.07, 6.45) is 4.45. The minimum absolute atomic E-state index is 0.884. The monoisotopic (exact) mass is 326 g/mol. The van der Waals surface area contributed by atoms with Gasteiger partial charge in [0.25, 0.3) is 0 Å². The molecule has 1 aliphatic heterocycles. The molecule has 2 nitrogen and oxygen atoms in total. The molecule has 23 heavy (non-hydrogen) atoms. The van der Waals surface area contributed by atoms with Gasteiger partial charge >= 0.3 is 0 Å². The van der Waals surface area contributed by atoms with Crippen molar-refractivity contribution in [1.29, 1.82) is 0 Å². The topological polar surface area (TPSA) is 18.5 Å². The second-order valence-corrected chi connectivity index (χ2v) is 8.73. The van der Waals surface area contributed by atoms with Gasteiger partial charge in [0.05, 0.1) is 14.2 Å². The van der Waals surface area contributed by atoms with Crippen LogP contribution in [0.25, 0.3) is 0 Å². The molecule has 0 amide bonds. The van der Waals surface area contributed by atoms with E-state index in [4.69, 9.17) is 9.47 Å². The Kier molecular flexibility index (Phi) is 4.39. The van der Waals surface area contributed by atoms with Gasteiger partial charge in [0.2, 0.25) is 0 Å². The molecule has 0 atom stereocenters. The molecule has 0 saturated heterocycles. The molecule has 0 spiro atoms. The lowest BCUT2D eigenvalue weighted by Gasteiger charge is -2.31. The van der Waals surface area contributed by atoms with Crippen molar-refractivity contribution >= 4 is 15.0 Å². The zero-order chi connectivity index (χ0) is 16.3. The predicted octanol–water partition coefficient (Wildman–Crippen LogP) is 4.93. The Morgan fingerprint density at radius 3 is 1.57 bits per heavy atom. The highest BCUT2D eigenvalue weighted by Gasteiger charge is 2.16. The van der Waals surface area contributed by atoms with E-state index in [1.807, 2.05) is 24.3 Å². The Morgan fingerprint density at radius 2 is 1.22 bits per heavy atom. The first-order chi connectivity index (χ1) is 11.2. The molecule has 0 fully saturated rings. The average molecular weight is 326 g/mol. The molecular weight excluding hydrogens is 304 g/mol. The van der Waals surface area contributed by atoms with Crippen LogP contribution in [0.1, 0.15) is 6.92 Å². The smallest absolute Gasteiger partial charge is 0.118 e. The van der Waals surface area contributed by atoms with Crippen LogP contribution in [0.15, 0.2) is 81.5 Å². The van der Waals surface area contributed by atoms with Gasteiger partial charge in [-0.2, -0.15) is 9.62 Å². The van der Waals surface area contributed by atoms with E-state index in [1.165, 1.54) is 15.4 Å². The molecule has 0 aromatic heterocycles. The zero-order valence-corrected chi connectivity index (χ0v) is 14.6. The first kappa shape index (κ1) is 15.6. The van der Waals surface area contributed by atoms with Gasteiger partial charge in [-0.05, 0) is 76.0 Å². The van der Waals surface area contributed by atoms with Gasteiger partial charge in [0.1, 0.15) is 11.5 Å². The molecule has 3 heteroatoms. The van der Waals surface area contributed by atoms with E-state index in [0.717, 1.165) is 11.5 Å². The van der Waals surface area contributed by atoms with E-state index >= 15 is 0 Å². The normalized spacial score (nSPS) is 16.9. The van der Waals surface area contributed by atoms with Gasteiger partial charge in [-0.15, -0.1) is 0 Å². The molecule has 2 aromatic carbocycles. The Balaban J connectivity index is 2.16. The minimum Gasteiger partial charge on any atom is -0.497 e. The second kappa shape index (κ2) is 6.47. The van der Waals surface area contributed by atoms with Crippen molar-refractivity contribution < 1.29 is 9.47 Å². The summed E-state index contributed by atoms with van der Waals surface area (Å²) in [6, 6.07) is 16.8. The summed E-state index contributed by atoms with van der Waals surface area (Å²) in [7, 11) is 1.71. The van der Waals surface area contributed by atoms with Crippen LogP contribution in [0.5, 0.6) is 11.5 Å². The van der Waals surface area contributed by atoms with E-state index in [2.05, 4.69) is 54.1 Å². The lowest BCUT2D eigenvalue weighted by atomic mass is 10.3. The molecule has 0 unspecified atom stereocenters. The zero-order valence-electron chi connectivity index (χ0n) is 13.7. The molecule has 1 heterocycles. The number of methoxy groups -OCH3 is 2. The number of thiol groups is 1. The van der Waals surface area contributed by atoms with Gasteiger partial charge in [0.15, 0.2) is 0 Å². The molecule has 1 aliphatic rings. The average Bonchev–Trinajstić information content (AvgIpc) is 2.63. The Morgan fingerprint density at radius 1 is 0.739 bits per heavy atom. The predicted molar refractivity (Wildman–Crippen MR) is 100 cm³/mol. The van der Waals surface area contributed by atoms with Gasteiger partial charge in [-0.1, -0.05) is 17.7 Å². The molecule has 0 N–H and O–H groups in total. The summed E-state index contributed by atoms with van der Waals surface area (Å²) >= 11 is 0. The van der Waals surface area contributed by atoms with E-state index in [0.29, 0.717) is 0 Å². The van der Waals surface area contributed by atoms with Gasteiger partial charge in [-0.3, -0.25) is 0 Å². The summed E-state index contributed by atoms with van der Waals surface area (Å²) in [4.78, 5) is 2.65. The van der Waals surface area contributed by atoms with Crippen molar-refractivity contribution in [2.24, 2.45) is 0 Å². The van der Waals surface area contributed by atoms with Crippen molar-refractivity contribution in [3.8, 4) is 11.5 Å². The highest BCUT2D eigenvalue weighted by Crippen LogP contribution is 2.55. The van der Waals surface area contributed by atoms with Crippen molar-refractivity contribution in [2.45, 2.75) is 16.7 Å². The largest absolute Gasteiger partial charge is 0.497 e. The van der Waals surface area contributed by atoms with Gasteiger partial charge < -0.3 is 9.47 Å². The third-order valence-electron chi connectivity index (χ3n) is 4.14. The number of benzene rings is 2. The van der Waals surface area contributed by atoms with Crippen LogP contribution in [-0.2, 0) is 0 Å². The van der Waals surface area contributed by atoms with Crippen molar-refractivity contribution in [2.75, 3.05) is 14.2 Å². The fourth-order valence-corrected chi connectivity index (χ4v) is 6.04. The molecule has 120 valence electrons. The van der Waals surface area contributed by atoms with Gasteiger partial charge in [0, 0.05) is 0 Å². The van der Waals surface area contributed by atoms with E-state index < -0.39 is 9.62 Å². The highest BCUT2D eigenvalue weighted by molar-refractivity contribution is 8.34. The van der Waals surface area contributed by atoms with Gasteiger partial charge in [-0.25, -0.2) is 0 Å². The highest BCUT2D eigenvalue weighted by atomic mass is 32.2. The Labute approximate surface area is 139 Å². The SMILES string of the molecule is COc1ccc([SH]2(c3ccc(OC)cc3)=CC=C(C)C=C2)cc1. The van der Waals surface area contributed by atoms with Crippen LogP contribution in [0.3, 0.4) is 0 Å². The van der Waals surface area contributed by atoms with Crippen molar-refractivity contribution in [1.82, 2.24) is 0 Å². The van der Waals surface area contributed by atoms with Crippen LogP contribution < -0.4 is 9.47 Å². The first-order valence-electron chi connectivity index (χ1n) is 7.58. The summed E-state index contributed by atoms with van der Waals surface area (Å²) in [6.45, 7) is 2.13. The standard InChI is InChI=1S/C20H22O2S/c1-16-12-14-23(15-13-16,19-8-4-17(21-2)5-9-19)20-10-6-18(22-3)7-11-20/h4-15,23H,1-3H3. The lowest BCUT2D eigenvalue weighted by molar-refractivity contribution is 0.414. The van der Waals surface area contributed by atoms with Crippen LogP contribution in [0.2, 0.25) is 0 Å². The number of ether oxygens (including phenoxy) is 2. The van der Waals surface area contributed by atoms with E-state index in [9.17, 15) is 0 Å². The molecular formula is C20H22O2S. The number of hydrogen-bond acceptors (Lipinski definition) is 2. The summed E-state index contributed by atoms with van der Waals surface area (Å²) < 4.78 is 10.6. The minimum atomic E-state index is -1.69. The quantitative estimate of drug-likeness (QED) is 0.634. The first-order valence-corrected chi connectivity index (χ1v) is 9.50. The molecule has 0 saturated carbocycles. The van der Waals surface area contributed by atoms with Crippen molar-refractivity contribution in [3.63, 3.8) is 0 Å². The Bertz CT molecular complexity index is 745. The summed E-state index contributed by atoms with van der Waals surface area (Å²) in [5.41, 5.74) is 1.28. The number of rotatable bonds is 4. The van der Waals surface area contributed by atoms with Crippen molar-refractivity contribution in [3.05, 3.63) is 71.7 Å². The third-order valence-corrected chi connectivity index (χ3v) is 7.69. The van der Waals surface area contributed by atoms with Crippen LogP contribution in [0.4, 0.5) is 0 Å². The maximum Gasteiger partial charge on any atom is 0.118 e. The summed E-state index contributed by atoms with van der Waals surface area (Å²) in [5, 5.41) is 4.73. The lowest BCUT2D eigenvalue weighted by Crippen LogP contribution is -1.97. The maximum atomic E-state index is 5.30. The fraction of sp³-hybridized carbons (Fsp3) is 0.150. The second-order valence-electron chi connectivity index (χ2n) is 5.55. The van der Waals surface area contributed by atoms with E-state index in [1.54, 1.807) is 14.2 Å². The van der Waals surface area contributed by atoms with Crippen LogP contribution in [0, 0.1) is 0 Å². The van der Waals surface area contributed by atoms with Crippen LogP contribution >= 0.6 is 9.62 Å². The third kappa shape index (κ3) is 2.97. The molecule has 3 rings (SSSR count).